The molecule has 6 heteroatoms. The minimum atomic E-state index is -0.119. The number of ether oxygens (including phenoxy) is 2. The van der Waals surface area contributed by atoms with Crippen molar-refractivity contribution in [2.75, 3.05) is 19.8 Å². The van der Waals surface area contributed by atoms with Crippen LogP contribution in [0.1, 0.15) is 41.2 Å². The molecule has 0 fully saturated rings. The van der Waals surface area contributed by atoms with Gasteiger partial charge in [-0.05, 0) is 63.4 Å². The van der Waals surface area contributed by atoms with Gasteiger partial charge in [0.15, 0.2) is 11.5 Å². The molecule has 0 aliphatic rings. The molecule has 0 aliphatic heterocycles. The predicted molar refractivity (Wildman–Crippen MR) is 109 cm³/mol. The first-order chi connectivity index (χ1) is 13.5. The molecule has 3 rings (SSSR count). The van der Waals surface area contributed by atoms with Crippen molar-refractivity contribution in [3.8, 4) is 11.5 Å². The van der Waals surface area contributed by atoms with E-state index < -0.39 is 0 Å². The summed E-state index contributed by atoms with van der Waals surface area (Å²) in [5.74, 6) is 1.36. The average Bonchev–Trinajstić information content (AvgIpc) is 2.99. The van der Waals surface area contributed by atoms with Crippen molar-refractivity contribution in [2.45, 2.75) is 34.1 Å². The highest BCUT2D eigenvalue weighted by Crippen LogP contribution is 2.28. The van der Waals surface area contributed by atoms with Crippen LogP contribution in [-0.4, -0.2) is 35.1 Å². The van der Waals surface area contributed by atoms with Crippen LogP contribution in [0.2, 0.25) is 0 Å². The Hall–Kier alpha value is -3.02. The molecule has 1 amide bonds. The van der Waals surface area contributed by atoms with Gasteiger partial charge in [-0.15, -0.1) is 0 Å². The number of fused-ring (bicyclic) bond motifs is 1. The zero-order valence-electron chi connectivity index (χ0n) is 16.9. The number of hydrogen-bond acceptors (Lipinski definition) is 4. The van der Waals surface area contributed by atoms with E-state index in [0.29, 0.717) is 31.9 Å². The van der Waals surface area contributed by atoms with Crippen molar-refractivity contribution >= 4 is 11.6 Å². The van der Waals surface area contributed by atoms with Crippen molar-refractivity contribution in [1.82, 2.24) is 14.7 Å². The third kappa shape index (κ3) is 4.27. The molecule has 148 valence electrons. The third-order valence-corrected chi connectivity index (χ3v) is 4.46. The van der Waals surface area contributed by atoms with E-state index in [1.54, 1.807) is 0 Å². The molecular formula is C22H27N3O3. The fourth-order valence-corrected chi connectivity index (χ4v) is 3.20. The fourth-order valence-electron chi connectivity index (χ4n) is 3.20. The normalized spacial score (nSPS) is 10.9. The molecule has 1 N–H and O–H groups in total. The van der Waals surface area contributed by atoms with E-state index in [9.17, 15) is 4.79 Å². The second-order valence-electron chi connectivity index (χ2n) is 6.63. The summed E-state index contributed by atoms with van der Waals surface area (Å²) in [4.78, 5) is 17.2. The van der Waals surface area contributed by atoms with Crippen LogP contribution in [-0.2, 0) is 6.42 Å². The molecule has 2 aromatic heterocycles. The highest BCUT2D eigenvalue weighted by atomic mass is 16.5. The number of carbonyl (C=O) groups is 1. The monoisotopic (exact) mass is 381 g/mol. The van der Waals surface area contributed by atoms with E-state index in [1.807, 2.05) is 68.6 Å². The Morgan fingerprint density at radius 2 is 1.82 bits per heavy atom. The van der Waals surface area contributed by atoms with E-state index in [-0.39, 0.29) is 5.91 Å². The summed E-state index contributed by atoms with van der Waals surface area (Å²) < 4.78 is 13.1. The Kier molecular flexibility index (Phi) is 6.19. The SMILES string of the molecule is CCOc1ccc(CCNC(=O)c2c(C)nc3ccc(C)cn23)cc1OCC. The summed E-state index contributed by atoms with van der Waals surface area (Å²) in [6.07, 6.45) is 2.64. The van der Waals surface area contributed by atoms with Crippen LogP contribution in [0.15, 0.2) is 36.5 Å². The summed E-state index contributed by atoms with van der Waals surface area (Å²) in [5, 5.41) is 3.01. The first-order valence-corrected chi connectivity index (χ1v) is 9.65. The molecule has 0 bridgehead atoms. The molecule has 0 radical (unpaired) electrons. The summed E-state index contributed by atoms with van der Waals surface area (Å²) in [6.45, 7) is 9.44. The lowest BCUT2D eigenvalue weighted by molar-refractivity contribution is 0.0947. The van der Waals surface area contributed by atoms with Gasteiger partial charge in [0.05, 0.1) is 18.9 Å². The maximum absolute atomic E-state index is 12.7. The summed E-state index contributed by atoms with van der Waals surface area (Å²) in [5.41, 5.74) is 4.25. The molecule has 0 aliphatic carbocycles. The van der Waals surface area contributed by atoms with Gasteiger partial charge in [-0.25, -0.2) is 4.98 Å². The molecule has 0 saturated carbocycles. The average molecular weight is 381 g/mol. The number of hydrogen-bond donors (Lipinski definition) is 1. The number of pyridine rings is 1. The van der Waals surface area contributed by atoms with Crippen molar-refractivity contribution in [3.63, 3.8) is 0 Å². The Balaban J connectivity index is 1.68. The van der Waals surface area contributed by atoms with E-state index >= 15 is 0 Å². The van der Waals surface area contributed by atoms with Gasteiger partial charge in [-0.2, -0.15) is 0 Å². The molecule has 3 aromatic rings. The van der Waals surface area contributed by atoms with Crippen molar-refractivity contribution in [3.05, 3.63) is 59.0 Å². The molecule has 2 heterocycles. The lowest BCUT2D eigenvalue weighted by Gasteiger charge is -2.12. The largest absolute Gasteiger partial charge is 0.490 e. The van der Waals surface area contributed by atoms with Crippen molar-refractivity contribution < 1.29 is 14.3 Å². The predicted octanol–water partition coefficient (Wildman–Crippen LogP) is 3.72. The van der Waals surface area contributed by atoms with E-state index in [4.69, 9.17) is 9.47 Å². The zero-order chi connectivity index (χ0) is 20.1. The maximum atomic E-state index is 12.7. The third-order valence-electron chi connectivity index (χ3n) is 4.46. The van der Waals surface area contributed by atoms with Crippen LogP contribution in [0.25, 0.3) is 5.65 Å². The summed E-state index contributed by atoms with van der Waals surface area (Å²) in [7, 11) is 0. The number of benzene rings is 1. The molecule has 1 aromatic carbocycles. The molecule has 0 saturated heterocycles. The second kappa shape index (κ2) is 8.78. The Labute approximate surface area is 165 Å². The van der Waals surface area contributed by atoms with Gasteiger partial charge >= 0.3 is 0 Å². The maximum Gasteiger partial charge on any atom is 0.270 e. The van der Waals surface area contributed by atoms with Crippen LogP contribution in [0, 0.1) is 13.8 Å². The van der Waals surface area contributed by atoms with Crippen LogP contribution < -0.4 is 14.8 Å². The Morgan fingerprint density at radius 1 is 1.07 bits per heavy atom. The molecule has 0 atom stereocenters. The number of nitrogens with one attached hydrogen (secondary N) is 1. The van der Waals surface area contributed by atoms with E-state index in [0.717, 1.165) is 34.0 Å². The van der Waals surface area contributed by atoms with Gasteiger partial charge in [0.2, 0.25) is 0 Å². The van der Waals surface area contributed by atoms with Crippen molar-refractivity contribution in [1.29, 1.82) is 0 Å². The zero-order valence-corrected chi connectivity index (χ0v) is 16.9. The van der Waals surface area contributed by atoms with Crippen LogP contribution >= 0.6 is 0 Å². The van der Waals surface area contributed by atoms with E-state index in [1.165, 1.54) is 0 Å². The van der Waals surface area contributed by atoms with Gasteiger partial charge < -0.3 is 14.8 Å². The quantitative estimate of drug-likeness (QED) is 0.646. The van der Waals surface area contributed by atoms with E-state index in [2.05, 4.69) is 10.3 Å². The number of amides is 1. The number of carbonyl (C=O) groups excluding carboxylic acids is 1. The number of imidazole rings is 1. The fraction of sp³-hybridized carbons (Fsp3) is 0.364. The lowest BCUT2D eigenvalue weighted by atomic mass is 10.1. The molecule has 0 unspecified atom stereocenters. The first kappa shape index (κ1) is 19.7. The molecule has 6 nitrogen and oxygen atoms in total. The molecule has 0 spiro atoms. The van der Waals surface area contributed by atoms with Crippen molar-refractivity contribution in [2.24, 2.45) is 0 Å². The highest BCUT2D eigenvalue weighted by molar-refractivity contribution is 5.94. The van der Waals surface area contributed by atoms with Gasteiger partial charge in [-0.1, -0.05) is 12.1 Å². The number of aryl methyl sites for hydroxylation is 2. The van der Waals surface area contributed by atoms with Gasteiger partial charge in [-0.3, -0.25) is 9.20 Å². The smallest absolute Gasteiger partial charge is 0.270 e. The second-order valence-corrected chi connectivity index (χ2v) is 6.63. The van der Waals surface area contributed by atoms with Gasteiger partial charge in [0, 0.05) is 12.7 Å². The van der Waals surface area contributed by atoms with Crippen LogP contribution in [0.5, 0.6) is 11.5 Å². The van der Waals surface area contributed by atoms with Gasteiger partial charge in [0.1, 0.15) is 11.3 Å². The highest BCUT2D eigenvalue weighted by Gasteiger charge is 2.16. The molecular weight excluding hydrogens is 354 g/mol. The van der Waals surface area contributed by atoms with Crippen LogP contribution in [0.3, 0.4) is 0 Å². The number of rotatable bonds is 8. The topological polar surface area (TPSA) is 64.9 Å². The first-order valence-electron chi connectivity index (χ1n) is 9.65. The minimum Gasteiger partial charge on any atom is -0.490 e. The summed E-state index contributed by atoms with van der Waals surface area (Å²) >= 11 is 0. The lowest BCUT2D eigenvalue weighted by Crippen LogP contribution is -2.27. The van der Waals surface area contributed by atoms with Gasteiger partial charge in [0.25, 0.3) is 5.91 Å². The minimum absolute atomic E-state index is 0.119. The Bertz CT molecular complexity index is 979. The molecule has 28 heavy (non-hydrogen) atoms. The number of aromatic nitrogens is 2. The standard InChI is InChI=1S/C22H27N3O3/c1-5-27-18-9-8-17(13-19(18)28-6-2)11-12-23-22(26)21-16(4)24-20-10-7-15(3)14-25(20)21/h7-10,13-14H,5-6,11-12H2,1-4H3,(H,23,26). The summed E-state index contributed by atoms with van der Waals surface area (Å²) in [6, 6.07) is 9.81. The Morgan fingerprint density at radius 3 is 2.57 bits per heavy atom. The van der Waals surface area contributed by atoms with Crippen LogP contribution in [0.4, 0.5) is 0 Å². The number of nitrogens with zero attached hydrogens (tertiary/aromatic N) is 2.